The van der Waals surface area contributed by atoms with Crippen LogP contribution in [0, 0.1) is 0 Å². The molecule has 0 aromatic heterocycles. The molecule has 98 valence electrons. The van der Waals surface area contributed by atoms with Gasteiger partial charge in [-0.25, -0.2) is 8.42 Å². The van der Waals surface area contributed by atoms with Crippen molar-refractivity contribution in [3.63, 3.8) is 0 Å². The zero-order chi connectivity index (χ0) is 14.0. The van der Waals surface area contributed by atoms with Gasteiger partial charge in [-0.2, -0.15) is 0 Å². The first-order valence-corrected chi connectivity index (χ1v) is 6.91. The van der Waals surface area contributed by atoms with Crippen LogP contribution in [0.25, 0.3) is 10.4 Å². The Morgan fingerprint density at radius 3 is 2.32 bits per heavy atom. The molecular formula is C7H5BClF3KN3O2S. The van der Waals surface area contributed by atoms with Crippen LogP contribution < -0.4 is 56.8 Å². The average Bonchev–Trinajstić information content (AvgIpc) is 2.13. The summed E-state index contributed by atoms with van der Waals surface area (Å²) in [6.45, 7) is -5.33. The molecule has 0 aliphatic heterocycles. The summed E-state index contributed by atoms with van der Waals surface area (Å²) in [5, 5.41) is 3.02. The molecule has 1 rings (SSSR count). The van der Waals surface area contributed by atoms with Crippen LogP contribution >= 0.6 is 10.7 Å². The van der Waals surface area contributed by atoms with E-state index in [-0.39, 0.29) is 62.6 Å². The summed E-state index contributed by atoms with van der Waals surface area (Å²) in [5.41, 5.74) is 6.62. The molecule has 5 nitrogen and oxygen atoms in total. The Balaban J connectivity index is 0.00000324. The van der Waals surface area contributed by atoms with E-state index in [1.54, 1.807) is 0 Å². The largest absolute Gasteiger partial charge is 1.00 e. The Bertz CT molecular complexity index is 619. The van der Waals surface area contributed by atoms with Gasteiger partial charge in [0.1, 0.15) is 0 Å². The standard InChI is InChI=1S/C7H5BClF3N3O2S.K/c9-18(16,17)4-5-1-6(8(10,11)12)3-7(2-5)14-15-13;/h1-3H,4H2;/q-1;+1. The van der Waals surface area contributed by atoms with E-state index in [4.69, 9.17) is 16.2 Å². The normalized spacial score (nSPS) is 11.4. The molecule has 0 fully saturated rings. The van der Waals surface area contributed by atoms with E-state index < -0.39 is 27.2 Å². The smallest absolute Gasteiger partial charge is 0.445 e. The Morgan fingerprint density at radius 2 is 1.89 bits per heavy atom. The van der Waals surface area contributed by atoms with E-state index in [2.05, 4.69) is 10.0 Å². The summed E-state index contributed by atoms with van der Waals surface area (Å²) in [4.78, 5) is 2.35. The van der Waals surface area contributed by atoms with Crippen molar-refractivity contribution in [1.82, 2.24) is 0 Å². The number of nitrogens with zero attached hydrogens (tertiary/aromatic N) is 3. The van der Waals surface area contributed by atoms with Crippen molar-refractivity contribution in [3.05, 3.63) is 34.2 Å². The Morgan fingerprint density at radius 1 is 1.32 bits per heavy atom. The van der Waals surface area contributed by atoms with E-state index in [9.17, 15) is 21.4 Å². The van der Waals surface area contributed by atoms with Gasteiger partial charge in [0.05, 0.1) is 5.75 Å². The van der Waals surface area contributed by atoms with Gasteiger partial charge >= 0.3 is 58.4 Å². The zero-order valence-corrected chi connectivity index (χ0v) is 14.3. The predicted octanol–water partition coefficient (Wildman–Crippen LogP) is -0.245. The molecule has 0 N–H and O–H groups in total. The van der Waals surface area contributed by atoms with Crippen molar-refractivity contribution in [3.8, 4) is 0 Å². The fraction of sp³-hybridized carbons (Fsp3) is 0.143. The van der Waals surface area contributed by atoms with E-state index in [1.807, 2.05) is 0 Å². The molecule has 0 atom stereocenters. The van der Waals surface area contributed by atoms with Crippen LogP contribution in [0.3, 0.4) is 0 Å². The summed E-state index contributed by atoms with van der Waals surface area (Å²) in [6, 6.07) is 2.34. The quantitative estimate of drug-likeness (QED) is 0.250. The molecule has 1 aromatic rings. The first-order valence-electron chi connectivity index (χ1n) is 4.43. The van der Waals surface area contributed by atoms with Gasteiger partial charge in [0.2, 0.25) is 9.05 Å². The Kier molecular flexibility index (Phi) is 7.42. The third-order valence-corrected chi connectivity index (χ3v) is 2.88. The van der Waals surface area contributed by atoms with Gasteiger partial charge < -0.3 is 12.9 Å². The summed E-state index contributed by atoms with van der Waals surface area (Å²) in [6.07, 6.45) is 0. The van der Waals surface area contributed by atoms with E-state index in [0.29, 0.717) is 12.1 Å². The maximum Gasteiger partial charge on any atom is 1.00 e. The summed E-state index contributed by atoms with van der Waals surface area (Å²) in [7, 11) is 0.962. The van der Waals surface area contributed by atoms with Crippen LogP contribution in [0.15, 0.2) is 23.3 Å². The van der Waals surface area contributed by atoms with Crippen molar-refractivity contribution in [2.24, 2.45) is 5.11 Å². The Labute approximate surface area is 154 Å². The topological polar surface area (TPSA) is 82.9 Å². The molecule has 0 amide bonds. The maximum absolute atomic E-state index is 12.6. The minimum absolute atomic E-state index is 0. The third-order valence-electron chi connectivity index (χ3n) is 1.88. The monoisotopic (exact) mass is 337 g/mol. The Hall–Kier alpha value is 0.261. The minimum Gasteiger partial charge on any atom is -0.445 e. The molecule has 12 heteroatoms. The van der Waals surface area contributed by atoms with Gasteiger partial charge in [0, 0.05) is 21.3 Å². The van der Waals surface area contributed by atoms with E-state index in [1.165, 1.54) is 0 Å². The fourth-order valence-electron chi connectivity index (χ4n) is 1.28. The van der Waals surface area contributed by atoms with Crippen LogP contribution in [0.1, 0.15) is 5.56 Å². The van der Waals surface area contributed by atoms with Crippen LogP contribution in [0.5, 0.6) is 0 Å². The van der Waals surface area contributed by atoms with Crippen molar-refractivity contribution in [2.45, 2.75) is 5.75 Å². The van der Waals surface area contributed by atoms with E-state index >= 15 is 0 Å². The molecule has 0 bridgehead atoms. The number of azide groups is 1. The molecule has 0 spiro atoms. The van der Waals surface area contributed by atoms with Crippen molar-refractivity contribution in [2.75, 3.05) is 0 Å². The second kappa shape index (κ2) is 7.32. The summed E-state index contributed by atoms with van der Waals surface area (Å²) in [5.74, 6) is -0.775. The zero-order valence-electron chi connectivity index (χ0n) is 9.59. The number of halogens is 4. The van der Waals surface area contributed by atoms with Gasteiger partial charge in [-0.15, -0.1) is 5.46 Å². The SMILES string of the molecule is [K+].[N-]=[N+]=Nc1cc(CS(=O)(=O)Cl)cc([B-](F)(F)F)c1. The maximum atomic E-state index is 12.6. The van der Waals surface area contributed by atoms with Crippen molar-refractivity contribution >= 4 is 37.9 Å². The minimum atomic E-state index is -5.33. The van der Waals surface area contributed by atoms with Crippen molar-refractivity contribution < 1.29 is 72.7 Å². The van der Waals surface area contributed by atoms with Gasteiger partial charge in [0.15, 0.2) is 0 Å². The molecule has 19 heavy (non-hydrogen) atoms. The van der Waals surface area contributed by atoms with E-state index in [0.717, 1.165) is 6.07 Å². The molecule has 0 aliphatic carbocycles. The summed E-state index contributed by atoms with van der Waals surface area (Å²) >= 11 is 0. The predicted molar refractivity (Wildman–Crippen MR) is 62.4 cm³/mol. The van der Waals surface area contributed by atoms with Gasteiger partial charge in [-0.3, -0.25) is 0 Å². The molecule has 1 aromatic carbocycles. The molecule has 0 saturated heterocycles. The fourth-order valence-corrected chi connectivity index (χ4v) is 2.22. The molecule has 0 unspecified atom stereocenters. The number of hydrogen-bond acceptors (Lipinski definition) is 3. The van der Waals surface area contributed by atoms with Crippen LogP contribution in [0.2, 0.25) is 0 Å². The van der Waals surface area contributed by atoms with Crippen molar-refractivity contribution in [1.29, 1.82) is 0 Å². The van der Waals surface area contributed by atoms with Gasteiger partial charge in [0.25, 0.3) is 0 Å². The number of hydrogen-bond donors (Lipinski definition) is 0. The van der Waals surface area contributed by atoms with Gasteiger partial charge in [-0.05, 0) is 17.2 Å². The molecular weight excluding hydrogens is 333 g/mol. The second-order valence-electron chi connectivity index (χ2n) is 3.38. The average molecular weight is 338 g/mol. The summed E-state index contributed by atoms with van der Waals surface area (Å²) < 4.78 is 59.3. The third kappa shape index (κ3) is 7.00. The molecule has 0 heterocycles. The van der Waals surface area contributed by atoms with Crippen LogP contribution in [-0.2, 0) is 14.8 Å². The first-order chi connectivity index (χ1) is 8.12. The molecule has 0 aliphatic rings. The number of rotatable bonds is 4. The number of benzene rings is 1. The first kappa shape index (κ1) is 19.3. The molecule has 0 saturated carbocycles. The second-order valence-corrected chi connectivity index (χ2v) is 6.16. The van der Waals surface area contributed by atoms with Gasteiger partial charge in [-0.1, -0.05) is 17.2 Å². The van der Waals surface area contributed by atoms with Crippen LogP contribution in [-0.4, -0.2) is 15.4 Å². The van der Waals surface area contributed by atoms with Crippen LogP contribution in [0.4, 0.5) is 18.6 Å². The molecule has 0 radical (unpaired) electrons.